The maximum atomic E-state index is 8.81. The van der Waals surface area contributed by atoms with Crippen molar-refractivity contribution in [2.45, 2.75) is 12.5 Å². The first kappa shape index (κ1) is 15.4. The number of nitrogens with zero attached hydrogens (tertiary/aromatic N) is 6. The van der Waals surface area contributed by atoms with Gasteiger partial charge in [-0.25, -0.2) is 9.97 Å². The number of hydrogen-bond acceptors (Lipinski definition) is 6. The molecule has 6 heteroatoms. The Balaban J connectivity index is 1.74. The molecule has 1 fully saturated rings. The summed E-state index contributed by atoms with van der Waals surface area (Å²) in [7, 11) is 4.19. The van der Waals surface area contributed by atoms with Crippen molar-refractivity contribution in [3.8, 4) is 6.07 Å². The van der Waals surface area contributed by atoms with Gasteiger partial charge in [-0.1, -0.05) is 6.07 Å². The molecule has 0 amide bonds. The molecule has 118 valence electrons. The third-order valence-corrected chi connectivity index (χ3v) is 4.45. The fourth-order valence-corrected chi connectivity index (χ4v) is 3.32. The molecule has 2 aromatic rings. The molecule has 0 spiro atoms. The lowest BCUT2D eigenvalue weighted by atomic mass is 9.94. The molecular weight excluding hydrogens is 288 g/mol. The zero-order valence-corrected chi connectivity index (χ0v) is 13.4. The molecule has 0 radical (unpaired) electrons. The largest absolute Gasteiger partial charge is 0.358 e. The molecule has 1 aliphatic rings. The Hall–Kier alpha value is -2.52. The molecule has 3 heterocycles. The second-order valence-corrected chi connectivity index (χ2v) is 6.01. The molecule has 0 aromatic carbocycles. The third-order valence-electron chi connectivity index (χ3n) is 4.45. The summed E-state index contributed by atoms with van der Waals surface area (Å²) in [5.41, 5.74) is 1.60. The van der Waals surface area contributed by atoms with Crippen molar-refractivity contribution in [1.82, 2.24) is 19.9 Å². The number of rotatable bonds is 4. The Morgan fingerprint density at radius 2 is 2.22 bits per heavy atom. The molecule has 1 aliphatic heterocycles. The Labute approximate surface area is 136 Å². The van der Waals surface area contributed by atoms with Gasteiger partial charge in [0.25, 0.3) is 0 Å². The number of pyridine rings is 1. The van der Waals surface area contributed by atoms with Gasteiger partial charge in [-0.2, -0.15) is 5.26 Å². The average molecular weight is 308 g/mol. The van der Waals surface area contributed by atoms with Crippen LogP contribution in [0.4, 0.5) is 5.82 Å². The summed E-state index contributed by atoms with van der Waals surface area (Å²) in [5.74, 6) is 1.30. The number of hydrogen-bond donors (Lipinski definition) is 0. The molecule has 3 rings (SSSR count). The van der Waals surface area contributed by atoms with Crippen molar-refractivity contribution >= 4 is 5.82 Å². The monoisotopic (exact) mass is 308 g/mol. The number of aromatic nitrogens is 3. The van der Waals surface area contributed by atoms with E-state index in [1.165, 1.54) is 11.8 Å². The lowest BCUT2D eigenvalue weighted by Gasteiger charge is -2.29. The Bertz CT molecular complexity index is 678. The fourth-order valence-electron chi connectivity index (χ4n) is 3.32. The van der Waals surface area contributed by atoms with Gasteiger partial charge in [0.15, 0.2) is 5.69 Å². The van der Waals surface area contributed by atoms with Crippen molar-refractivity contribution in [2.24, 2.45) is 5.92 Å². The molecule has 2 aromatic heterocycles. The third kappa shape index (κ3) is 3.30. The summed E-state index contributed by atoms with van der Waals surface area (Å²) < 4.78 is 0. The highest BCUT2D eigenvalue weighted by atomic mass is 15.2. The fraction of sp³-hybridized carbons (Fsp3) is 0.412. The summed E-state index contributed by atoms with van der Waals surface area (Å²) in [4.78, 5) is 17.2. The van der Waals surface area contributed by atoms with Crippen LogP contribution in [0.3, 0.4) is 0 Å². The van der Waals surface area contributed by atoms with Crippen molar-refractivity contribution in [2.75, 3.05) is 32.1 Å². The van der Waals surface area contributed by atoms with Gasteiger partial charge in [-0.15, -0.1) is 0 Å². The highest BCUT2D eigenvalue weighted by molar-refractivity contribution is 5.36. The quantitative estimate of drug-likeness (QED) is 0.859. The van der Waals surface area contributed by atoms with Crippen LogP contribution in [-0.4, -0.2) is 47.0 Å². The molecule has 1 saturated heterocycles. The van der Waals surface area contributed by atoms with Crippen LogP contribution in [0.1, 0.15) is 23.7 Å². The van der Waals surface area contributed by atoms with Crippen LogP contribution >= 0.6 is 0 Å². The number of anilines is 1. The van der Waals surface area contributed by atoms with Crippen LogP contribution in [0.5, 0.6) is 0 Å². The van der Waals surface area contributed by atoms with E-state index < -0.39 is 0 Å². The highest BCUT2D eigenvalue weighted by Crippen LogP contribution is 2.36. The van der Waals surface area contributed by atoms with Crippen molar-refractivity contribution < 1.29 is 0 Å². The summed E-state index contributed by atoms with van der Waals surface area (Å²) in [5, 5.41) is 8.81. The molecule has 0 unspecified atom stereocenters. The molecule has 23 heavy (non-hydrogen) atoms. The second kappa shape index (κ2) is 6.71. The van der Waals surface area contributed by atoms with Crippen LogP contribution in [0, 0.1) is 17.2 Å². The smallest absolute Gasteiger partial charge is 0.158 e. The standard InChI is InChI=1S/C17H20N6/c1-22-7-5-14(17(22)13-4-3-6-19-9-13)12-23(2)16-11-20-15(8-18)10-21-16/h3-4,6,9-11,14,17H,5,7,12H2,1-2H3/t14-,17-/m0/s1. The van der Waals surface area contributed by atoms with Gasteiger partial charge in [-0.3, -0.25) is 9.88 Å². The van der Waals surface area contributed by atoms with E-state index in [4.69, 9.17) is 5.26 Å². The summed E-state index contributed by atoms with van der Waals surface area (Å²) in [6, 6.07) is 6.51. The first-order chi connectivity index (χ1) is 11.2. The van der Waals surface area contributed by atoms with E-state index >= 15 is 0 Å². The van der Waals surface area contributed by atoms with E-state index in [0.717, 1.165) is 25.3 Å². The topological polar surface area (TPSA) is 68.9 Å². The summed E-state index contributed by atoms with van der Waals surface area (Å²) in [6.07, 6.45) is 8.10. The molecular formula is C17H20N6. The molecule has 0 saturated carbocycles. The van der Waals surface area contributed by atoms with Crippen LogP contribution in [0.15, 0.2) is 36.9 Å². The van der Waals surface area contributed by atoms with E-state index in [1.54, 1.807) is 6.20 Å². The molecule has 6 nitrogen and oxygen atoms in total. The molecule has 0 bridgehead atoms. The van der Waals surface area contributed by atoms with Crippen LogP contribution < -0.4 is 4.90 Å². The zero-order valence-electron chi connectivity index (χ0n) is 13.4. The van der Waals surface area contributed by atoms with Crippen LogP contribution in [0.2, 0.25) is 0 Å². The van der Waals surface area contributed by atoms with Crippen molar-refractivity contribution in [1.29, 1.82) is 5.26 Å². The van der Waals surface area contributed by atoms with Crippen molar-refractivity contribution in [3.63, 3.8) is 0 Å². The first-order valence-electron chi connectivity index (χ1n) is 7.72. The molecule has 2 atom stereocenters. The first-order valence-corrected chi connectivity index (χ1v) is 7.72. The van der Waals surface area contributed by atoms with Gasteiger partial charge >= 0.3 is 0 Å². The van der Waals surface area contributed by atoms with Gasteiger partial charge in [-0.05, 0) is 37.6 Å². The SMILES string of the molecule is CN(C[C@@H]1CCN(C)[C@H]1c1cccnc1)c1cnc(C#N)cn1. The predicted octanol–water partition coefficient (Wildman–Crippen LogP) is 1.87. The van der Waals surface area contributed by atoms with Crippen molar-refractivity contribution in [3.05, 3.63) is 48.2 Å². The minimum absolute atomic E-state index is 0.344. The van der Waals surface area contributed by atoms with Gasteiger partial charge in [0.05, 0.1) is 12.4 Å². The molecule has 0 N–H and O–H groups in total. The van der Waals surface area contributed by atoms with E-state index in [0.29, 0.717) is 17.7 Å². The zero-order chi connectivity index (χ0) is 16.2. The lowest BCUT2D eigenvalue weighted by Crippen LogP contribution is -2.30. The summed E-state index contributed by atoms with van der Waals surface area (Å²) >= 11 is 0. The van der Waals surface area contributed by atoms with Gasteiger partial charge in [0.1, 0.15) is 11.9 Å². The predicted molar refractivity (Wildman–Crippen MR) is 87.7 cm³/mol. The normalized spacial score (nSPS) is 21.1. The lowest BCUT2D eigenvalue weighted by molar-refractivity contribution is 0.278. The Morgan fingerprint density at radius 3 is 2.87 bits per heavy atom. The van der Waals surface area contributed by atoms with Crippen LogP contribution in [0.25, 0.3) is 0 Å². The minimum atomic E-state index is 0.344. The average Bonchev–Trinajstić information content (AvgIpc) is 2.96. The second-order valence-electron chi connectivity index (χ2n) is 6.01. The van der Waals surface area contributed by atoms with E-state index in [2.05, 4.69) is 37.9 Å². The maximum Gasteiger partial charge on any atom is 0.158 e. The highest BCUT2D eigenvalue weighted by Gasteiger charge is 2.33. The minimum Gasteiger partial charge on any atom is -0.358 e. The van der Waals surface area contributed by atoms with Crippen LogP contribution in [-0.2, 0) is 0 Å². The van der Waals surface area contributed by atoms with Gasteiger partial charge in [0, 0.05) is 32.0 Å². The van der Waals surface area contributed by atoms with Gasteiger partial charge in [0.2, 0.25) is 0 Å². The number of likely N-dealkylation sites (tertiary alicyclic amines) is 1. The Kier molecular flexibility index (Phi) is 4.49. The maximum absolute atomic E-state index is 8.81. The van der Waals surface area contributed by atoms with E-state index in [1.807, 2.05) is 31.6 Å². The summed E-state index contributed by atoms with van der Waals surface area (Å²) in [6.45, 7) is 1.97. The Morgan fingerprint density at radius 1 is 1.35 bits per heavy atom. The number of nitriles is 1. The van der Waals surface area contributed by atoms with E-state index in [9.17, 15) is 0 Å². The van der Waals surface area contributed by atoms with E-state index in [-0.39, 0.29) is 0 Å². The molecule has 0 aliphatic carbocycles. The van der Waals surface area contributed by atoms with Gasteiger partial charge < -0.3 is 4.90 Å².